The molecule has 31 heavy (non-hydrogen) atoms. The summed E-state index contributed by atoms with van der Waals surface area (Å²) in [5.41, 5.74) is 1.71. The van der Waals surface area contributed by atoms with Gasteiger partial charge in [-0.2, -0.15) is 0 Å². The molecular weight excluding hydrogens is 435 g/mol. The van der Waals surface area contributed by atoms with Gasteiger partial charge < -0.3 is 15.0 Å². The molecule has 2 aromatic rings. The van der Waals surface area contributed by atoms with E-state index in [2.05, 4.69) is 12.2 Å². The Labute approximate surface area is 194 Å². The summed E-state index contributed by atoms with van der Waals surface area (Å²) in [5, 5.41) is 3.83. The molecule has 7 heteroatoms. The van der Waals surface area contributed by atoms with E-state index in [4.69, 9.17) is 27.9 Å². The zero-order chi connectivity index (χ0) is 22.8. The van der Waals surface area contributed by atoms with Crippen LogP contribution in [0.2, 0.25) is 10.0 Å². The maximum atomic E-state index is 13.2. The van der Waals surface area contributed by atoms with Gasteiger partial charge in [0.05, 0.1) is 0 Å². The van der Waals surface area contributed by atoms with Gasteiger partial charge in [0.15, 0.2) is 6.61 Å². The molecular formula is C24H30Cl2N2O3. The van der Waals surface area contributed by atoms with Crippen molar-refractivity contribution in [2.24, 2.45) is 0 Å². The molecule has 0 fully saturated rings. The lowest BCUT2D eigenvalue weighted by Crippen LogP contribution is -2.50. The highest BCUT2D eigenvalue weighted by atomic mass is 35.5. The zero-order valence-electron chi connectivity index (χ0n) is 18.3. The maximum Gasteiger partial charge on any atom is 0.261 e. The fourth-order valence-electron chi connectivity index (χ4n) is 3.14. The molecule has 0 heterocycles. The molecule has 2 rings (SSSR count). The van der Waals surface area contributed by atoms with Crippen LogP contribution in [0.3, 0.4) is 0 Å². The van der Waals surface area contributed by atoms with Gasteiger partial charge in [0, 0.05) is 28.7 Å². The molecule has 0 aromatic heterocycles. The van der Waals surface area contributed by atoms with Crippen LogP contribution < -0.4 is 10.1 Å². The third kappa shape index (κ3) is 7.44. The second-order valence-electron chi connectivity index (χ2n) is 7.39. The monoisotopic (exact) mass is 464 g/mol. The number of hydrogen-bond donors (Lipinski definition) is 1. The topological polar surface area (TPSA) is 58.6 Å². The Bertz CT molecular complexity index is 851. The van der Waals surface area contributed by atoms with Gasteiger partial charge in [-0.15, -0.1) is 0 Å². The molecule has 0 spiro atoms. The Balaban J connectivity index is 2.23. The molecule has 0 unspecified atom stereocenters. The summed E-state index contributed by atoms with van der Waals surface area (Å²) in [6, 6.07) is 12.0. The minimum absolute atomic E-state index is 0.119. The van der Waals surface area contributed by atoms with Crippen molar-refractivity contribution < 1.29 is 14.3 Å². The molecule has 2 aromatic carbocycles. The van der Waals surface area contributed by atoms with Crippen LogP contribution in [-0.4, -0.2) is 35.9 Å². The molecule has 0 radical (unpaired) electrons. The molecule has 0 aliphatic carbocycles. The number of halogens is 2. The Morgan fingerprint density at radius 3 is 2.29 bits per heavy atom. The third-order valence-corrected chi connectivity index (χ3v) is 5.70. The van der Waals surface area contributed by atoms with Crippen molar-refractivity contribution in [3.63, 3.8) is 0 Å². The van der Waals surface area contributed by atoms with Crippen molar-refractivity contribution in [1.29, 1.82) is 0 Å². The van der Waals surface area contributed by atoms with E-state index in [0.29, 0.717) is 34.3 Å². The van der Waals surface area contributed by atoms with E-state index < -0.39 is 6.04 Å². The molecule has 0 bridgehead atoms. The first-order chi connectivity index (χ1) is 14.9. The van der Waals surface area contributed by atoms with Crippen LogP contribution in [-0.2, 0) is 16.1 Å². The number of aryl methyl sites for hydroxylation is 1. The lowest BCUT2D eigenvalue weighted by atomic mass is 10.1. The minimum atomic E-state index is -0.654. The Kier molecular flexibility index (Phi) is 10.2. The fourth-order valence-corrected chi connectivity index (χ4v) is 3.66. The number of unbranched alkanes of at least 4 members (excludes halogenated alkanes) is 1. The van der Waals surface area contributed by atoms with Gasteiger partial charge in [-0.1, -0.05) is 67.2 Å². The predicted molar refractivity (Wildman–Crippen MR) is 126 cm³/mol. The third-order valence-electron chi connectivity index (χ3n) is 4.99. The van der Waals surface area contributed by atoms with Crippen molar-refractivity contribution in [1.82, 2.24) is 10.2 Å². The molecule has 168 valence electrons. The number of hydrogen-bond acceptors (Lipinski definition) is 3. The highest BCUT2D eigenvalue weighted by Crippen LogP contribution is 2.27. The van der Waals surface area contributed by atoms with Crippen molar-refractivity contribution in [3.8, 4) is 5.75 Å². The second kappa shape index (κ2) is 12.6. The first-order valence-corrected chi connectivity index (χ1v) is 11.3. The molecule has 1 N–H and O–H groups in total. The summed E-state index contributed by atoms with van der Waals surface area (Å²) in [6.07, 6.45) is 2.30. The molecule has 0 aliphatic rings. The lowest BCUT2D eigenvalue weighted by molar-refractivity contribution is -0.143. The van der Waals surface area contributed by atoms with Crippen molar-refractivity contribution in [3.05, 3.63) is 63.6 Å². The van der Waals surface area contributed by atoms with Crippen LogP contribution in [0.5, 0.6) is 5.75 Å². The van der Waals surface area contributed by atoms with E-state index in [1.807, 2.05) is 38.1 Å². The average Bonchev–Trinajstić information content (AvgIpc) is 2.75. The molecule has 1 atom stereocenters. The first-order valence-electron chi connectivity index (χ1n) is 10.6. The Hall–Kier alpha value is -2.24. The number of amides is 2. The quantitative estimate of drug-likeness (QED) is 0.452. The lowest BCUT2D eigenvalue weighted by Gasteiger charge is -2.31. The number of nitrogens with one attached hydrogen (secondary N) is 1. The van der Waals surface area contributed by atoms with Crippen LogP contribution in [0.1, 0.15) is 44.2 Å². The van der Waals surface area contributed by atoms with E-state index in [1.54, 1.807) is 18.2 Å². The summed E-state index contributed by atoms with van der Waals surface area (Å²) in [6.45, 7) is 6.41. The largest absolute Gasteiger partial charge is 0.484 e. The smallest absolute Gasteiger partial charge is 0.261 e. The van der Waals surface area contributed by atoms with Gasteiger partial charge in [0.1, 0.15) is 11.8 Å². The van der Waals surface area contributed by atoms with Crippen molar-refractivity contribution in [2.45, 2.75) is 52.6 Å². The average molecular weight is 465 g/mol. The first kappa shape index (κ1) is 25.0. The van der Waals surface area contributed by atoms with Crippen molar-refractivity contribution in [2.75, 3.05) is 13.2 Å². The van der Waals surface area contributed by atoms with Gasteiger partial charge >= 0.3 is 0 Å². The van der Waals surface area contributed by atoms with Crippen LogP contribution in [0.25, 0.3) is 0 Å². The zero-order valence-corrected chi connectivity index (χ0v) is 19.8. The minimum Gasteiger partial charge on any atom is -0.484 e. The number of benzene rings is 2. The fraction of sp³-hybridized carbons (Fsp3) is 0.417. The SMILES string of the molecule is CCCCNC(=O)[C@@H](CC)N(Cc1c(Cl)cccc1Cl)C(=O)COc1ccc(C)cc1. The summed E-state index contributed by atoms with van der Waals surface area (Å²) >= 11 is 12.7. The number of rotatable bonds is 11. The standard InChI is InChI=1S/C24H30Cl2N2O3/c1-4-6-14-27-24(30)22(5-2)28(15-19-20(25)8-7-9-21(19)26)23(29)16-31-18-12-10-17(3)11-13-18/h7-13,22H,4-6,14-16H2,1-3H3,(H,27,30)/t22-/m1/s1. The van der Waals surface area contributed by atoms with Crippen LogP contribution in [0, 0.1) is 6.92 Å². The predicted octanol–water partition coefficient (Wildman–Crippen LogP) is 5.40. The van der Waals surface area contributed by atoms with Crippen LogP contribution in [0.4, 0.5) is 0 Å². The van der Waals surface area contributed by atoms with E-state index >= 15 is 0 Å². The van der Waals surface area contributed by atoms with E-state index in [1.165, 1.54) is 4.90 Å². The van der Waals surface area contributed by atoms with Gasteiger partial charge in [-0.25, -0.2) is 0 Å². The van der Waals surface area contributed by atoms with Gasteiger partial charge in [0.2, 0.25) is 5.91 Å². The molecule has 5 nitrogen and oxygen atoms in total. The summed E-state index contributed by atoms with van der Waals surface area (Å²) in [4.78, 5) is 27.5. The molecule has 2 amide bonds. The number of carbonyl (C=O) groups is 2. The second-order valence-corrected chi connectivity index (χ2v) is 8.21. The van der Waals surface area contributed by atoms with Gasteiger partial charge in [0.25, 0.3) is 5.91 Å². The highest BCUT2D eigenvalue weighted by molar-refractivity contribution is 6.36. The van der Waals surface area contributed by atoms with Crippen molar-refractivity contribution >= 4 is 35.0 Å². The van der Waals surface area contributed by atoms with Gasteiger partial charge in [-0.3, -0.25) is 9.59 Å². The normalized spacial score (nSPS) is 11.6. The maximum absolute atomic E-state index is 13.2. The Morgan fingerprint density at radius 2 is 1.71 bits per heavy atom. The Morgan fingerprint density at radius 1 is 1.06 bits per heavy atom. The molecule has 0 aliphatic heterocycles. The molecule has 0 saturated heterocycles. The molecule has 0 saturated carbocycles. The van der Waals surface area contributed by atoms with Gasteiger partial charge in [-0.05, 0) is 44.0 Å². The summed E-state index contributed by atoms with van der Waals surface area (Å²) in [7, 11) is 0. The summed E-state index contributed by atoms with van der Waals surface area (Å²) < 4.78 is 5.69. The van der Waals surface area contributed by atoms with Crippen LogP contribution in [0.15, 0.2) is 42.5 Å². The van der Waals surface area contributed by atoms with E-state index in [-0.39, 0.29) is 25.0 Å². The number of ether oxygens (including phenoxy) is 1. The highest BCUT2D eigenvalue weighted by Gasteiger charge is 2.29. The van der Waals surface area contributed by atoms with Crippen LogP contribution >= 0.6 is 23.2 Å². The van der Waals surface area contributed by atoms with E-state index in [9.17, 15) is 9.59 Å². The summed E-state index contributed by atoms with van der Waals surface area (Å²) in [5.74, 6) is 0.0898. The van der Waals surface area contributed by atoms with E-state index in [0.717, 1.165) is 18.4 Å². The number of carbonyl (C=O) groups excluding carboxylic acids is 2. The number of nitrogens with zero attached hydrogens (tertiary/aromatic N) is 1.